The molecule has 7 heteroatoms. The first-order valence-corrected chi connectivity index (χ1v) is 6.11. The Morgan fingerprint density at radius 1 is 1.10 bits per heavy atom. The van der Waals surface area contributed by atoms with Crippen molar-refractivity contribution < 1.29 is 32.2 Å². The molecule has 114 valence electrons. The monoisotopic (exact) mass is 302 g/mol. The molecule has 2 rings (SSSR count). The molecule has 1 aromatic rings. The van der Waals surface area contributed by atoms with Crippen LogP contribution in [-0.2, 0) is 25.2 Å². The summed E-state index contributed by atoms with van der Waals surface area (Å²) < 4.78 is 46.7. The number of alkyl halides is 3. The zero-order chi connectivity index (χ0) is 15.8. The van der Waals surface area contributed by atoms with Gasteiger partial charge in [0, 0.05) is 5.92 Å². The lowest BCUT2D eigenvalue weighted by atomic mass is 9.98. The van der Waals surface area contributed by atoms with E-state index in [2.05, 4.69) is 9.47 Å². The normalized spacial score (nSPS) is 19.8. The molecule has 0 heterocycles. The highest BCUT2D eigenvalue weighted by atomic mass is 19.4. The van der Waals surface area contributed by atoms with Crippen LogP contribution in [0.2, 0.25) is 0 Å². The van der Waals surface area contributed by atoms with Gasteiger partial charge in [-0.25, -0.2) is 0 Å². The number of benzene rings is 1. The van der Waals surface area contributed by atoms with E-state index in [1.54, 1.807) is 0 Å². The van der Waals surface area contributed by atoms with Crippen molar-refractivity contribution >= 4 is 11.9 Å². The third kappa shape index (κ3) is 2.48. The Labute approximate surface area is 118 Å². The first-order valence-electron chi connectivity index (χ1n) is 6.11. The largest absolute Gasteiger partial charge is 0.468 e. The van der Waals surface area contributed by atoms with Crippen LogP contribution in [0.15, 0.2) is 24.3 Å². The predicted molar refractivity (Wildman–Crippen MR) is 65.3 cm³/mol. The molecule has 1 aliphatic rings. The molecule has 1 unspecified atom stereocenters. The summed E-state index contributed by atoms with van der Waals surface area (Å²) in [5.41, 5.74) is -1.75. The second-order valence-electron chi connectivity index (χ2n) is 4.83. The van der Waals surface area contributed by atoms with Gasteiger partial charge >= 0.3 is 18.1 Å². The average molecular weight is 302 g/mol. The topological polar surface area (TPSA) is 52.6 Å². The smallest absolute Gasteiger partial charge is 0.416 e. The summed E-state index contributed by atoms with van der Waals surface area (Å²) in [5.74, 6) is -2.00. The number of esters is 2. The summed E-state index contributed by atoms with van der Waals surface area (Å²) in [4.78, 5) is 23.6. The van der Waals surface area contributed by atoms with Gasteiger partial charge in [-0.2, -0.15) is 13.2 Å². The number of halogens is 3. The number of carbonyl (C=O) groups excluding carboxylic acids is 2. The van der Waals surface area contributed by atoms with E-state index in [0.29, 0.717) is 5.56 Å². The number of hydrogen-bond acceptors (Lipinski definition) is 4. The van der Waals surface area contributed by atoms with Gasteiger partial charge in [0.15, 0.2) is 5.41 Å². The first kappa shape index (κ1) is 15.3. The number of carbonyl (C=O) groups is 2. The van der Waals surface area contributed by atoms with E-state index in [9.17, 15) is 22.8 Å². The molecular formula is C14H13F3O4. The van der Waals surface area contributed by atoms with Crippen molar-refractivity contribution in [2.45, 2.75) is 18.5 Å². The third-order valence-corrected chi connectivity index (χ3v) is 3.70. The van der Waals surface area contributed by atoms with E-state index in [4.69, 9.17) is 0 Å². The number of hydrogen-bond donors (Lipinski definition) is 0. The van der Waals surface area contributed by atoms with Gasteiger partial charge in [-0.1, -0.05) is 12.1 Å². The average Bonchev–Trinajstić information content (AvgIpc) is 3.21. The molecule has 0 N–H and O–H groups in total. The summed E-state index contributed by atoms with van der Waals surface area (Å²) in [5, 5.41) is 0. The van der Waals surface area contributed by atoms with Crippen molar-refractivity contribution in [3.05, 3.63) is 35.4 Å². The van der Waals surface area contributed by atoms with E-state index in [1.807, 2.05) is 0 Å². The van der Waals surface area contributed by atoms with Gasteiger partial charge in [-0.15, -0.1) is 0 Å². The van der Waals surface area contributed by atoms with Gasteiger partial charge in [0.05, 0.1) is 19.8 Å². The molecule has 0 aliphatic heterocycles. The molecule has 0 aromatic heterocycles. The van der Waals surface area contributed by atoms with E-state index < -0.39 is 35.0 Å². The van der Waals surface area contributed by atoms with Crippen LogP contribution in [0.5, 0.6) is 0 Å². The van der Waals surface area contributed by atoms with Gasteiger partial charge in [0.2, 0.25) is 0 Å². The van der Waals surface area contributed by atoms with Crippen LogP contribution in [0.1, 0.15) is 23.5 Å². The molecule has 0 spiro atoms. The van der Waals surface area contributed by atoms with Crippen LogP contribution < -0.4 is 0 Å². The molecular weight excluding hydrogens is 289 g/mol. The minimum atomic E-state index is -4.43. The molecule has 21 heavy (non-hydrogen) atoms. The van der Waals surface area contributed by atoms with Crippen molar-refractivity contribution in [3.8, 4) is 0 Å². The van der Waals surface area contributed by atoms with E-state index in [-0.39, 0.29) is 6.42 Å². The van der Waals surface area contributed by atoms with Crippen LogP contribution in [0.3, 0.4) is 0 Å². The molecule has 0 radical (unpaired) electrons. The SMILES string of the molecule is COC(=O)C1(C(=O)OC)CC1c1ccc(C(F)(F)F)cc1. The molecule has 0 amide bonds. The van der Waals surface area contributed by atoms with Crippen molar-refractivity contribution in [1.82, 2.24) is 0 Å². The maximum atomic E-state index is 12.5. The standard InChI is InChI=1S/C14H13F3O4/c1-20-11(18)13(12(19)21-2)7-10(13)8-3-5-9(6-4-8)14(15,16)17/h3-6,10H,7H2,1-2H3. The molecule has 1 aliphatic carbocycles. The van der Waals surface area contributed by atoms with E-state index >= 15 is 0 Å². The highest BCUT2D eigenvalue weighted by Crippen LogP contribution is 2.60. The Morgan fingerprint density at radius 3 is 1.95 bits per heavy atom. The molecule has 1 aromatic carbocycles. The van der Waals surface area contributed by atoms with E-state index in [1.165, 1.54) is 12.1 Å². The second-order valence-corrected chi connectivity index (χ2v) is 4.83. The fourth-order valence-electron chi connectivity index (χ4n) is 2.47. The predicted octanol–water partition coefficient (Wildman–Crippen LogP) is 2.53. The summed E-state index contributed by atoms with van der Waals surface area (Å²) in [6.07, 6.45) is -4.26. The van der Waals surface area contributed by atoms with Gasteiger partial charge in [0.1, 0.15) is 0 Å². The fourth-order valence-corrected chi connectivity index (χ4v) is 2.47. The zero-order valence-electron chi connectivity index (χ0n) is 11.4. The number of methoxy groups -OCH3 is 2. The van der Waals surface area contributed by atoms with Crippen molar-refractivity contribution in [2.24, 2.45) is 5.41 Å². The van der Waals surface area contributed by atoms with Crippen LogP contribution >= 0.6 is 0 Å². The number of rotatable bonds is 3. The Kier molecular flexibility index (Phi) is 3.69. The van der Waals surface area contributed by atoms with Gasteiger partial charge in [-0.05, 0) is 24.1 Å². The summed E-state index contributed by atoms with van der Waals surface area (Å²) in [6, 6.07) is 4.38. The number of ether oxygens (including phenoxy) is 2. The highest BCUT2D eigenvalue weighted by molar-refractivity contribution is 6.05. The minimum Gasteiger partial charge on any atom is -0.468 e. The van der Waals surface area contributed by atoms with Crippen LogP contribution in [0.4, 0.5) is 13.2 Å². The van der Waals surface area contributed by atoms with Crippen LogP contribution in [0.25, 0.3) is 0 Å². The van der Waals surface area contributed by atoms with Gasteiger partial charge < -0.3 is 9.47 Å². The van der Waals surface area contributed by atoms with Crippen molar-refractivity contribution in [1.29, 1.82) is 0 Å². The summed E-state index contributed by atoms with van der Waals surface area (Å²) in [6.45, 7) is 0. The fraction of sp³-hybridized carbons (Fsp3) is 0.429. The maximum absolute atomic E-state index is 12.5. The molecule has 1 saturated carbocycles. The highest BCUT2D eigenvalue weighted by Gasteiger charge is 2.68. The molecule has 1 atom stereocenters. The Morgan fingerprint density at radius 2 is 1.57 bits per heavy atom. The maximum Gasteiger partial charge on any atom is 0.416 e. The van der Waals surface area contributed by atoms with Crippen LogP contribution in [0, 0.1) is 5.41 Å². The summed E-state index contributed by atoms with van der Waals surface area (Å²) in [7, 11) is 2.30. The Balaban J connectivity index is 2.28. The quantitative estimate of drug-likeness (QED) is 0.636. The molecule has 4 nitrogen and oxygen atoms in total. The van der Waals surface area contributed by atoms with Gasteiger partial charge in [0.25, 0.3) is 0 Å². The summed E-state index contributed by atoms with van der Waals surface area (Å²) >= 11 is 0. The van der Waals surface area contributed by atoms with Crippen molar-refractivity contribution in [3.63, 3.8) is 0 Å². The molecule has 1 fully saturated rings. The van der Waals surface area contributed by atoms with Gasteiger partial charge in [-0.3, -0.25) is 9.59 Å². The zero-order valence-corrected chi connectivity index (χ0v) is 11.4. The Bertz CT molecular complexity index is 547. The van der Waals surface area contributed by atoms with E-state index in [0.717, 1.165) is 26.4 Å². The first-order chi connectivity index (χ1) is 9.77. The lowest BCUT2D eigenvalue weighted by molar-refractivity contribution is -0.161. The molecule has 0 saturated heterocycles. The second kappa shape index (κ2) is 5.05. The lowest BCUT2D eigenvalue weighted by Crippen LogP contribution is -2.30. The van der Waals surface area contributed by atoms with Crippen molar-refractivity contribution in [2.75, 3.05) is 14.2 Å². The minimum absolute atomic E-state index is 0.164. The third-order valence-electron chi connectivity index (χ3n) is 3.70. The molecule has 0 bridgehead atoms. The lowest BCUT2D eigenvalue weighted by Gasteiger charge is -2.13. The Hall–Kier alpha value is -2.05. The van der Waals surface area contributed by atoms with Crippen LogP contribution in [-0.4, -0.2) is 26.2 Å².